The Morgan fingerprint density at radius 3 is 2.00 bits per heavy atom. The van der Waals surface area contributed by atoms with Gasteiger partial charge in [0.2, 0.25) is 0 Å². The van der Waals surface area contributed by atoms with Crippen LogP contribution in [-0.4, -0.2) is 24.3 Å². The zero-order chi connectivity index (χ0) is 10.7. The van der Waals surface area contributed by atoms with Crippen LogP contribution >= 0.6 is 0 Å². The number of carbonyl (C=O) groups is 1. The van der Waals surface area contributed by atoms with Crippen molar-refractivity contribution in [3.8, 4) is 0 Å². The Balaban J connectivity index is 3.98. The molecule has 0 amide bonds. The van der Waals surface area contributed by atoms with Gasteiger partial charge in [-0.3, -0.25) is 4.79 Å². The molecule has 0 spiro atoms. The summed E-state index contributed by atoms with van der Waals surface area (Å²) < 4.78 is 5.06. The van der Waals surface area contributed by atoms with E-state index in [0.29, 0.717) is 0 Å². The van der Waals surface area contributed by atoms with Crippen LogP contribution in [0.1, 0.15) is 34.6 Å². The van der Waals surface area contributed by atoms with Crippen LogP contribution in [0.4, 0.5) is 0 Å². The number of hydrogen-bond donors (Lipinski definition) is 1. The quantitative estimate of drug-likeness (QED) is 0.684. The molecule has 13 heavy (non-hydrogen) atoms. The molecule has 1 N–H and O–H groups in total. The van der Waals surface area contributed by atoms with Crippen molar-refractivity contribution in [2.24, 2.45) is 10.8 Å². The van der Waals surface area contributed by atoms with Crippen molar-refractivity contribution in [3.05, 3.63) is 0 Å². The minimum atomic E-state index is -0.467. The summed E-state index contributed by atoms with van der Waals surface area (Å²) in [5, 5.41) is 8.92. The van der Waals surface area contributed by atoms with E-state index in [2.05, 4.69) is 0 Å². The summed E-state index contributed by atoms with van der Waals surface area (Å²) >= 11 is 0. The monoisotopic (exact) mass is 188 g/mol. The average molecular weight is 188 g/mol. The first kappa shape index (κ1) is 12.4. The van der Waals surface area contributed by atoms with Gasteiger partial charge in [0.1, 0.15) is 0 Å². The van der Waals surface area contributed by atoms with Crippen LogP contribution < -0.4 is 0 Å². The normalized spacial score (nSPS) is 12.8. The van der Waals surface area contributed by atoms with Crippen LogP contribution in [0.2, 0.25) is 0 Å². The predicted octanol–water partition coefficient (Wildman–Crippen LogP) is 1.59. The molecule has 0 aliphatic heterocycles. The lowest BCUT2D eigenvalue weighted by Crippen LogP contribution is -2.30. The zero-order valence-electron chi connectivity index (χ0n) is 9.18. The highest BCUT2D eigenvalue weighted by Crippen LogP contribution is 2.19. The molecule has 3 heteroatoms. The molecular formula is C10H20O3. The van der Waals surface area contributed by atoms with Crippen molar-refractivity contribution in [3.63, 3.8) is 0 Å². The molecule has 0 rings (SSSR count). The number of hydrogen-bond acceptors (Lipinski definition) is 3. The number of carbonyl (C=O) groups excluding carboxylic acids is 1. The van der Waals surface area contributed by atoms with E-state index in [1.807, 2.05) is 13.8 Å². The molecule has 3 nitrogen and oxygen atoms in total. The van der Waals surface area contributed by atoms with Gasteiger partial charge in [-0.15, -0.1) is 0 Å². The van der Waals surface area contributed by atoms with Gasteiger partial charge >= 0.3 is 5.97 Å². The van der Waals surface area contributed by atoms with Crippen LogP contribution in [0.15, 0.2) is 0 Å². The van der Waals surface area contributed by atoms with Gasteiger partial charge in [-0.25, -0.2) is 0 Å². The standard InChI is InChI=1S/C10H20O3/c1-9(2,3)8(12)13-7-10(4,5)6-11/h11H,6-7H2,1-5H3. The minimum Gasteiger partial charge on any atom is -0.465 e. The SMILES string of the molecule is CC(C)(CO)COC(=O)C(C)(C)C. The summed E-state index contributed by atoms with van der Waals surface area (Å²) in [6.07, 6.45) is 0. The molecule has 0 saturated heterocycles. The minimum absolute atomic E-state index is 0.0183. The van der Waals surface area contributed by atoms with Gasteiger partial charge < -0.3 is 9.84 Å². The Labute approximate surface area is 80.1 Å². The number of aliphatic hydroxyl groups is 1. The highest BCUT2D eigenvalue weighted by Gasteiger charge is 2.26. The van der Waals surface area contributed by atoms with Crippen molar-refractivity contribution in [2.75, 3.05) is 13.2 Å². The van der Waals surface area contributed by atoms with Gasteiger partial charge in [0.25, 0.3) is 0 Å². The fourth-order valence-corrected chi connectivity index (χ4v) is 0.523. The summed E-state index contributed by atoms with van der Waals surface area (Å²) in [6.45, 7) is 9.40. The van der Waals surface area contributed by atoms with Crippen LogP contribution in [0, 0.1) is 10.8 Å². The maximum Gasteiger partial charge on any atom is 0.311 e. The van der Waals surface area contributed by atoms with Crippen LogP contribution in [0.5, 0.6) is 0 Å². The predicted molar refractivity (Wildman–Crippen MR) is 51.3 cm³/mol. The van der Waals surface area contributed by atoms with Gasteiger partial charge in [0.05, 0.1) is 18.6 Å². The third kappa shape index (κ3) is 4.88. The summed E-state index contributed by atoms with van der Waals surface area (Å²) in [7, 11) is 0. The Kier molecular flexibility index (Phi) is 3.91. The molecule has 0 unspecified atom stereocenters. The van der Waals surface area contributed by atoms with Crippen molar-refractivity contribution < 1.29 is 14.6 Å². The summed E-state index contributed by atoms with van der Waals surface area (Å²) in [5.41, 5.74) is -0.813. The van der Waals surface area contributed by atoms with E-state index in [1.165, 1.54) is 0 Å². The summed E-state index contributed by atoms with van der Waals surface area (Å²) in [4.78, 5) is 11.3. The highest BCUT2D eigenvalue weighted by molar-refractivity contribution is 5.75. The maximum absolute atomic E-state index is 11.3. The molecule has 0 aliphatic rings. The number of rotatable bonds is 3. The fourth-order valence-electron chi connectivity index (χ4n) is 0.523. The number of aliphatic hydroxyl groups excluding tert-OH is 1. The molecule has 0 aromatic rings. The maximum atomic E-state index is 11.3. The molecule has 0 bridgehead atoms. The third-order valence-electron chi connectivity index (χ3n) is 1.63. The van der Waals surface area contributed by atoms with Crippen LogP contribution in [0.3, 0.4) is 0 Å². The Morgan fingerprint density at radius 2 is 1.69 bits per heavy atom. The topological polar surface area (TPSA) is 46.5 Å². The molecule has 0 saturated carbocycles. The van der Waals surface area contributed by atoms with E-state index < -0.39 is 5.41 Å². The lowest BCUT2D eigenvalue weighted by Gasteiger charge is -2.24. The summed E-state index contributed by atoms with van der Waals surface area (Å²) in [5.74, 6) is -0.228. The molecule has 0 radical (unpaired) electrons. The van der Waals surface area contributed by atoms with Crippen molar-refractivity contribution in [1.29, 1.82) is 0 Å². The molecule has 0 aliphatic carbocycles. The highest BCUT2D eigenvalue weighted by atomic mass is 16.5. The van der Waals surface area contributed by atoms with Gasteiger partial charge in [0, 0.05) is 5.41 Å². The fraction of sp³-hybridized carbons (Fsp3) is 0.900. The lowest BCUT2D eigenvalue weighted by atomic mass is 9.95. The van der Waals surface area contributed by atoms with Crippen LogP contribution in [0.25, 0.3) is 0 Å². The van der Waals surface area contributed by atoms with E-state index in [0.717, 1.165) is 0 Å². The Hall–Kier alpha value is -0.570. The second-order valence-corrected chi connectivity index (χ2v) is 5.15. The molecule has 0 atom stereocenters. The largest absolute Gasteiger partial charge is 0.465 e. The van der Waals surface area contributed by atoms with Gasteiger partial charge in [0.15, 0.2) is 0 Å². The molecular weight excluding hydrogens is 168 g/mol. The summed E-state index contributed by atoms with van der Waals surface area (Å²) in [6, 6.07) is 0. The average Bonchev–Trinajstić information content (AvgIpc) is 1.98. The second-order valence-electron chi connectivity index (χ2n) is 5.15. The lowest BCUT2D eigenvalue weighted by molar-refractivity contribution is -0.156. The van der Waals surface area contributed by atoms with Crippen molar-refractivity contribution in [1.82, 2.24) is 0 Å². The van der Waals surface area contributed by atoms with Crippen molar-refractivity contribution in [2.45, 2.75) is 34.6 Å². The molecule has 0 aromatic carbocycles. The molecule has 0 fully saturated rings. The number of esters is 1. The third-order valence-corrected chi connectivity index (χ3v) is 1.63. The smallest absolute Gasteiger partial charge is 0.311 e. The number of ether oxygens (including phenoxy) is 1. The molecule has 78 valence electrons. The van der Waals surface area contributed by atoms with Gasteiger partial charge in [-0.2, -0.15) is 0 Å². The van der Waals surface area contributed by atoms with Crippen molar-refractivity contribution >= 4 is 5.97 Å². The first-order valence-electron chi connectivity index (χ1n) is 4.47. The van der Waals surface area contributed by atoms with E-state index in [9.17, 15) is 4.79 Å². The van der Waals surface area contributed by atoms with Crippen LogP contribution in [-0.2, 0) is 9.53 Å². The van der Waals surface area contributed by atoms with Gasteiger partial charge in [-0.1, -0.05) is 13.8 Å². The first-order chi connectivity index (χ1) is 5.69. The Morgan fingerprint density at radius 1 is 1.23 bits per heavy atom. The Bertz CT molecular complexity index is 177. The van der Waals surface area contributed by atoms with E-state index in [4.69, 9.17) is 9.84 Å². The first-order valence-corrected chi connectivity index (χ1v) is 4.47. The van der Waals surface area contributed by atoms with Gasteiger partial charge in [-0.05, 0) is 20.8 Å². The van der Waals surface area contributed by atoms with E-state index in [1.54, 1.807) is 20.8 Å². The zero-order valence-corrected chi connectivity index (χ0v) is 9.18. The van der Waals surface area contributed by atoms with E-state index in [-0.39, 0.29) is 24.6 Å². The molecule has 0 aromatic heterocycles. The second kappa shape index (κ2) is 4.09. The van der Waals surface area contributed by atoms with E-state index >= 15 is 0 Å². The molecule has 0 heterocycles.